The van der Waals surface area contributed by atoms with Crippen LogP contribution in [0.4, 0.5) is 11.9 Å². The van der Waals surface area contributed by atoms with E-state index in [4.69, 9.17) is 10.5 Å². The average molecular weight is 277 g/mol. The SMILES string of the molecule is CCNc1nc(NC(C)(C#N)CC#N)nc(SC)n1. The summed E-state index contributed by atoms with van der Waals surface area (Å²) in [5, 5.41) is 24.3. The Hall–Kier alpha value is -2.06. The average Bonchev–Trinajstić information content (AvgIpc) is 2.39. The Kier molecular flexibility index (Phi) is 5.34. The van der Waals surface area contributed by atoms with Crippen molar-refractivity contribution in [2.24, 2.45) is 0 Å². The van der Waals surface area contributed by atoms with Crippen LogP contribution in [0.25, 0.3) is 0 Å². The smallest absolute Gasteiger partial charge is 0.229 e. The molecular formula is C11H15N7S. The maximum atomic E-state index is 9.12. The lowest BCUT2D eigenvalue weighted by Gasteiger charge is -2.20. The zero-order valence-corrected chi connectivity index (χ0v) is 11.9. The van der Waals surface area contributed by atoms with E-state index in [1.807, 2.05) is 19.2 Å². The molecule has 0 aliphatic rings. The second-order valence-corrected chi connectivity index (χ2v) is 4.68. The van der Waals surface area contributed by atoms with Crippen molar-refractivity contribution >= 4 is 23.7 Å². The van der Waals surface area contributed by atoms with Crippen molar-refractivity contribution in [3.05, 3.63) is 0 Å². The third kappa shape index (κ3) is 4.27. The molecule has 1 rings (SSSR count). The summed E-state index contributed by atoms with van der Waals surface area (Å²) in [6, 6.07) is 4.03. The predicted molar refractivity (Wildman–Crippen MR) is 73.6 cm³/mol. The number of hydrogen-bond donors (Lipinski definition) is 2. The molecule has 0 fully saturated rings. The number of thioether (sulfide) groups is 1. The van der Waals surface area contributed by atoms with Gasteiger partial charge in [-0.05, 0) is 20.1 Å². The standard InChI is InChI=1S/C11H15N7S/c1-4-14-8-15-9(17-10(16-8)19-3)18-11(2,7-13)5-6-12/h4-5H2,1-3H3,(H2,14,15,16,17,18). The third-order valence-electron chi connectivity index (χ3n) is 2.20. The Bertz CT molecular complexity index is 519. The Morgan fingerprint density at radius 1 is 1.26 bits per heavy atom. The Morgan fingerprint density at radius 3 is 2.47 bits per heavy atom. The molecule has 1 atom stereocenters. The van der Waals surface area contributed by atoms with Gasteiger partial charge in [-0.15, -0.1) is 0 Å². The Morgan fingerprint density at radius 2 is 1.95 bits per heavy atom. The van der Waals surface area contributed by atoms with E-state index in [0.717, 1.165) is 0 Å². The lowest BCUT2D eigenvalue weighted by Crippen LogP contribution is -2.33. The molecule has 0 saturated heterocycles. The third-order valence-corrected chi connectivity index (χ3v) is 2.75. The van der Waals surface area contributed by atoms with Crippen LogP contribution < -0.4 is 10.6 Å². The van der Waals surface area contributed by atoms with Gasteiger partial charge in [0.2, 0.25) is 11.9 Å². The number of nitriles is 2. The van der Waals surface area contributed by atoms with Crippen LogP contribution in [0, 0.1) is 22.7 Å². The molecule has 1 aromatic heterocycles. The van der Waals surface area contributed by atoms with Gasteiger partial charge in [-0.25, -0.2) is 0 Å². The highest BCUT2D eigenvalue weighted by atomic mass is 32.2. The van der Waals surface area contributed by atoms with Gasteiger partial charge in [-0.2, -0.15) is 25.5 Å². The topological polar surface area (TPSA) is 110 Å². The molecule has 8 heteroatoms. The van der Waals surface area contributed by atoms with Gasteiger partial charge in [0, 0.05) is 6.54 Å². The molecule has 100 valence electrons. The van der Waals surface area contributed by atoms with Crippen molar-refractivity contribution in [2.75, 3.05) is 23.4 Å². The summed E-state index contributed by atoms with van der Waals surface area (Å²) in [5.74, 6) is 0.733. The van der Waals surface area contributed by atoms with E-state index in [0.29, 0.717) is 17.6 Å². The number of hydrogen-bond acceptors (Lipinski definition) is 8. The summed E-state index contributed by atoms with van der Waals surface area (Å²) in [6.07, 6.45) is 1.90. The van der Waals surface area contributed by atoms with E-state index in [9.17, 15) is 0 Å². The van der Waals surface area contributed by atoms with E-state index in [1.54, 1.807) is 6.92 Å². The highest BCUT2D eigenvalue weighted by Gasteiger charge is 2.25. The summed E-state index contributed by atoms with van der Waals surface area (Å²) < 4.78 is 0. The van der Waals surface area contributed by atoms with Gasteiger partial charge in [-0.3, -0.25) is 0 Å². The molecule has 7 nitrogen and oxygen atoms in total. The quantitative estimate of drug-likeness (QED) is 0.755. The Balaban J connectivity index is 3.03. The highest BCUT2D eigenvalue weighted by Crippen LogP contribution is 2.18. The van der Waals surface area contributed by atoms with Crippen LogP contribution in [0.5, 0.6) is 0 Å². The molecule has 1 heterocycles. The fourth-order valence-electron chi connectivity index (χ4n) is 1.26. The summed E-state index contributed by atoms with van der Waals surface area (Å²) in [5.41, 5.74) is -1.02. The molecule has 0 spiro atoms. The maximum Gasteiger partial charge on any atom is 0.229 e. The minimum absolute atomic E-state index is 0.0420. The minimum atomic E-state index is -1.02. The van der Waals surface area contributed by atoms with Crippen LogP contribution in [0.15, 0.2) is 5.16 Å². The molecule has 0 amide bonds. The first-order chi connectivity index (χ1) is 9.06. The molecule has 0 radical (unpaired) electrons. The zero-order valence-electron chi connectivity index (χ0n) is 11.1. The minimum Gasteiger partial charge on any atom is -0.354 e. The molecule has 19 heavy (non-hydrogen) atoms. The van der Waals surface area contributed by atoms with Gasteiger partial charge in [0.15, 0.2) is 5.16 Å². The maximum absolute atomic E-state index is 9.12. The second-order valence-electron chi connectivity index (χ2n) is 3.90. The van der Waals surface area contributed by atoms with Crippen molar-refractivity contribution in [3.8, 4) is 12.1 Å². The van der Waals surface area contributed by atoms with E-state index in [-0.39, 0.29) is 12.4 Å². The van der Waals surface area contributed by atoms with E-state index >= 15 is 0 Å². The lowest BCUT2D eigenvalue weighted by molar-refractivity contribution is 0.655. The monoisotopic (exact) mass is 277 g/mol. The summed E-state index contributed by atoms with van der Waals surface area (Å²) in [4.78, 5) is 12.5. The summed E-state index contributed by atoms with van der Waals surface area (Å²) in [7, 11) is 0. The fraction of sp³-hybridized carbons (Fsp3) is 0.545. The van der Waals surface area contributed by atoms with Gasteiger partial charge < -0.3 is 10.6 Å². The first kappa shape index (κ1) is 15.0. The zero-order chi connectivity index (χ0) is 14.3. The molecular weight excluding hydrogens is 262 g/mol. The molecule has 1 aromatic rings. The first-order valence-corrected chi connectivity index (χ1v) is 6.89. The van der Waals surface area contributed by atoms with E-state index in [1.165, 1.54) is 11.8 Å². The number of aromatic nitrogens is 3. The molecule has 0 aliphatic heterocycles. The van der Waals surface area contributed by atoms with Crippen LogP contribution in [-0.2, 0) is 0 Å². The first-order valence-electron chi connectivity index (χ1n) is 5.67. The second kappa shape index (κ2) is 6.76. The van der Waals surface area contributed by atoms with Crippen molar-refractivity contribution in [3.63, 3.8) is 0 Å². The lowest BCUT2D eigenvalue weighted by atomic mass is 10.0. The van der Waals surface area contributed by atoms with E-state index in [2.05, 4.69) is 31.7 Å². The van der Waals surface area contributed by atoms with Crippen LogP contribution in [0.3, 0.4) is 0 Å². The van der Waals surface area contributed by atoms with Gasteiger partial charge in [0.1, 0.15) is 5.54 Å². The molecule has 0 saturated carbocycles. The van der Waals surface area contributed by atoms with Crippen LogP contribution in [0.1, 0.15) is 20.3 Å². The highest BCUT2D eigenvalue weighted by molar-refractivity contribution is 7.98. The number of anilines is 2. The fourth-order valence-corrected chi connectivity index (χ4v) is 1.61. The van der Waals surface area contributed by atoms with Crippen LogP contribution in [-0.4, -0.2) is 33.3 Å². The van der Waals surface area contributed by atoms with Crippen LogP contribution in [0.2, 0.25) is 0 Å². The van der Waals surface area contributed by atoms with Gasteiger partial charge in [0.05, 0.1) is 18.6 Å². The molecule has 1 unspecified atom stereocenters. The van der Waals surface area contributed by atoms with Crippen molar-refractivity contribution in [2.45, 2.75) is 31.0 Å². The number of nitrogens with zero attached hydrogens (tertiary/aromatic N) is 5. The molecule has 0 aliphatic carbocycles. The normalized spacial score (nSPS) is 12.9. The molecule has 0 aromatic carbocycles. The van der Waals surface area contributed by atoms with Gasteiger partial charge in [-0.1, -0.05) is 11.8 Å². The van der Waals surface area contributed by atoms with Gasteiger partial charge >= 0.3 is 0 Å². The van der Waals surface area contributed by atoms with Crippen LogP contribution >= 0.6 is 11.8 Å². The Labute approximate surface area is 116 Å². The van der Waals surface area contributed by atoms with E-state index < -0.39 is 5.54 Å². The predicted octanol–water partition coefficient (Wildman–Crippen LogP) is 1.63. The molecule has 0 bridgehead atoms. The summed E-state index contributed by atoms with van der Waals surface area (Å²) in [6.45, 7) is 4.25. The molecule has 2 N–H and O–H groups in total. The number of rotatable bonds is 6. The van der Waals surface area contributed by atoms with Crippen molar-refractivity contribution < 1.29 is 0 Å². The summed E-state index contributed by atoms with van der Waals surface area (Å²) >= 11 is 1.38. The number of nitrogens with one attached hydrogen (secondary N) is 2. The largest absolute Gasteiger partial charge is 0.354 e. The van der Waals surface area contributed by atoms with Gasteiger partial charge in [0.25, 0.3) is 0 Å². The van der Waals surface area contributed by atoms with Crippen molar-refractivity contribution in [1.29, 1.82) is 10.5 Å². The van der Waals surface area contributed by atoms with Crippen molar-refractivity contribution in [1.82, 2.24) is 15.0 Å².